The first-order valence-electron chi connectivity index (χ1n) is 7.76. The molecule has 1 atom stereocenters. The molecule has 0 aliphatic rings. The van der Waals surface area contributed by atoms with Crippen LogP contribution >= 0.6 is 15.9 Å². The van der Waals surface area contributed by atoms with Gasteiger partial charge < -0.3 is 20.4 Å². The van der Waals surface area contributed by atoms with E-state index in [1.165, 1.54) is 0 Å². The Bertz CT molecular complexity index is 867. The quantitative estimate of drug-likeness (QED) is 0.200. The monoisotopic (exact) mass is 439 g/mol. The number of hydrogen-bond donors (Lipinski definition) is 5. The molecule has 0 aliphatic heterocycles. The average molecular weight is 440 g/mol. The predicted molar refractivity (Wildman–Crippen MR) is 97.4 cm³/mol. The van der Waals surface area contributed by atoms with Crippen LogP contribution in [-0.4, -0.2) is 49.4 Å². The number of hydroxylamine groups is 2. The van der Waals surface area contributed by atoms with Crippen LogP contribution in [0.2, 0.25) is 0 Å². The second-order valence-corrected chi connectivity index (χ2v) is 7.01. The van der Waals surface area contributed by atoms with Crippen molar-refractivity contribution in [3.05, 3.63) is 52.0 Å². The number of aliphatic hydroxyl groups is 1. The summed E-state index contributed by atoms with van der Waals surface area (Å²) in [5, 5.41) is 49.9. The molecule has 0 spiro atoms. The van der Waals surface area contributed by atoms with E-state index in [9.17, 15) is 30.0 Å². The molecule has 0 aliphatic carbocycles. The largest absolute Gasteiger partial charge is 0.504 e. The minimum atomic E-state index is -2.09. The first-order chi connectivity index (χ1) is 12.5. The maximum Gasteiger partial charge on any atom is 0.313 e. The van der Waals surface area contributed by atoms with Gasteiger partial charge in [0.1, 0.15) is 5.60 Å². The van der Waals surface area contributed by atoms with E-state index in [1.807, 2.05) is 0 Å². The number of aromatic hydroxyl groups is 3. The van der Waals surface area contributed by atoms with E-state index < -0.39 is 41.0 Å². The van der Waals surface area contributed by atoms with Crippen molar-refractivity contribution >= 4 is 27.6 Å². The minimum Gasteiger partial charge on any atom is -0.504 e. The molecule has 0 saturated heterocycles. The lowest BCUT2D eigenvalue weighted by Gasteiger charge is -2.29. The molecule has 0 aromatic heterocycles. The molecule has 0 bridgehead atoms. The number of likely N-dealkylation sites (N-methyl/N-ethyl adjacent to an activating group) is 1. The summed E-state index contributed by atoms with van der Waals surface area (Å²) in [6.45, 7) is 0. The van der Waals surface area contributed by atoms with Crippen molar-refractivity contribution in [2.45, 2.75) is 18.4 Å². The molecular weight excluding hydrogens is 422 g/mol. The third kappa shape index (κ3) is 4.57. The lowest BCUT2D eigenvalue weighted by atomic mass is 9.82. The van der Waals surface area contributed by atoms with Crippen molar-refractivity contribution in [2.24, 2.45) is 0 Å². The van der Waals surface area contributed by atoms with E-state index in [0.29, 0.717) is 5.56 Å². The number of amides is 1. The van der Waals surface area contributed by atoms with E-state index in [2.05, 4.69) is 15.9 Å². The van der Waals surface area contributed by atoms with E-state index in [-0.39, 0.29) is 17.0 Å². The summed E-state index contributed by atoms with van der Waals surface area (Å²) in [7, 11) is 0.970. The van der Waals surface area contributed by atoms with E-state index >= 15 is 0 Å². The molecule has 1 amide bonds. The van der Waals surface area contributed by atoms with Crippen molar-refractivity contribution in [1.29, 1.82) is 0 Å². The SMILES string of the molecule is CN(O)C(=O)C(=O)C[C@](O)(Cc1ccc(Br)cc1)c1ccc(O)c(O)c1O. The first kappa shape index (κ1) is 20.7. The number of benzene rings is 2. The zero-order valence-electron chi connectivity index (χ0n) is 14.3. The fourth-order valence-electron chi connectivity index (χ4n) is 2.66. The second kappa shape index (κ2) is 7.95. The Labute approximate surface area is 163 Å². The Morgan fingerprint density at radius 1 is 1.04 bits per heavy atom. The van der Waals surface area contributed by atoms with Crippen LogP contribution in [0.4, 0.5) is 0 Å². The Morgan fingerprint density at radius 3 is 2.19 bits per heavy atom. The number of rotatable bonds is 6. The highest BCUT2D eigenvalue weighted by Gasteiger charge is 2.38. The molecule has 2 rings (SSSR count). The van der Waals surface area contributed by atoms with Gasteiger partial charge in [-0.3, -0.25) is 14.8 Å². The van der Waals surface area contributed by atoms with Gasteiger partial charge in [0.25, 0.3) is 0 Å². The Morgan fingerprint density at radius 2 is 1.63 bits per heavy atom. The van der Waals surface area contributed by atoms with Gasteiger partial charge in [0.05, 0.1) is 0 Å². The normalized spacial score (nSPS) is 13.0. The Balaban J connectivity index is 2.50. The maximum absolute atomic E-state index is 12.2. The number of ketones is 1. The standard InChI is InChI=1S/C18H18BrNO7/c1-20(27)17(25)14(22)9-18(26,8-10-2-4-11(19)5-3-10)12-6-7-13(21)16(24)15(12)23/h2-7,21,23-24,26-27H,8-9H2,1H3/t18-/m1/s1. The second-order valence-electron chi connectivity index (χ2n) is 6.09. The van der Waals surface area contributed by atoms with Gasteiger partial charge in [-0.25, -0.2) is 5.06 Å². The van der Waals surface area contributed by atoms with Crippen LogP contribution in [0.1, 0.15) is 17.5 Å². The van der Waals surface area contributed by atoms with Gasteiger partial charge in [-0.05, 0) is 29.8 Å². The summed E-state index contributed by atoms with van der Waals surface area (Å²) in [6.07, 6.45) is -0.962. The molecule has 144 valence electrons. The average Bonchev–Trinajstić information content (AvgIpc) is 2.60. The number of carbonyl (C=O) groups excluding carboxylic acids is 2. The summed E-state index contributed by atoms with van der Waals surface area (Å²) in [6, 6.07) is 8.93. The summed E-state index contributed by atoms with van der Waals surface area (Å²) in [5.41, 5.74) is -1.76. The Kier molecular flexibility index (Phi) is 6.09. The number of phenolic OH excluding ortho intramolecular Hbond substituents is 3. The van der Waals surface area contributed by atoms with Gasteiger partial charge in [0.15, 0.2) is 11.5 Å². The topological polar surface area (TPSA) is 139 Å². The molecule has 2 aromatic carbocycles. The Hall–Kier alpha value is -2.62. The van der Waals surface area contributed by atoms with E-state index in [4.69, 9.17) is 5.21 Å². The van der Waals surface area contributed by atoms with Crippen LogP contribution < -0.4 is 0 Å². The van der Waals surface area contributed by atoms with Crippen LogP contribution in [0.25, 0.3) is 0 Å². The van der Waals surface area contributed by atoms with Crippen LogP contribution in [0.15, 0.2) is 40.9 Å². The van der Waals surface area contributed by atoms with Crippen LogP contribution in [-0.2, 0) is 21.6 Å². The third-order valence-corrected chi connectivity index (χ3v) is 4.56. The van der Waals surface area contributed by atoms with E-state index in [0.717, 1.165) is 23.7 Å². The van der Waals surface area contributed by atoms with Gasteiger partial charge in [0.2, 0.25) is 11.5 Å². The molecule has 0 heterocycles. The first-order valence-corrected chi connectivity index (χ1v) is 8.55. The zero-order valence-corrected chi connectivity index (χ0v) is 15.8. The highest BCUT2D eigenvalue weighted by molar-refractivity contribution is 9.10. The molecular formula is C18H18BrNO7. The number of hydrogen-bond acceptors (Lipinski definition) is 7. The summed E-state index contributed by atoms with van der Waals surface area (Å²) in [4.78, 5) is 23.9. The van der Waals surface area contributed by atoms with E-state index in [1.54, 1.807) is 24.3 Å². The highest BCUT2D eigenvalue weighted by Crippen LogP contribution is 2.44. The lowest BCUT2D eigenvalue weighted by Crippen LogP contribution is -2.38. The highest BCUT2D eigenvalue weighted by atomic mass is 79.9. The zero-order chi connectivity index (χ0) is 20.4. The van der Waals surface area contributed by atoms with Gasteiger partial charge in [-0.1, -0.05) is 28.1 Å². The number of Topliss-reactive ketones (excluding diaryl/α,β-unsaturated/α-hetero) is 1. The van der Waals surface area contributed by atoms with Crippen LogP contribution in [0, 0.1) is 0 Å². The van der Waals surface area contributed by atoms with Crippen LogP contribution in [0.3, 0.4) is 0 Å². The molecule has 8 nitrogen and oxygen atoms in total. The molecule has 0 saturated carbocycles. The molecule has 9 heteroatoms. The molecule has 0 fully saturated rings. The third-order valence-electron chi connectivity index (χ3n) is 4.03. The predicted octanol–water partition coefficient (Wildman–Crippen LogP) is 1.80. The molecule has 0 unspecified atom stereocenters. The number of halogens is 1. The fourth-order valence-corrected chi connectivity index (χ4v) is 2.92. The number of nitrogens with zero attached hydrogens (tertiary/aromatic N) is 1. The summed E-state index contributed by atoms with van der Waals surface area (Å²) >= 11 is 3.28. The fraction of sp³-hybridized carbons (Fsp3) is 0.222. The van der Waals surface area contributed by atoms with Crippen molar-refractivity contribution in [3.63, 3.8) is 0 Å². The molecule has 5 N–H and O–H groups in total. The van der Waals surface area contributed by atoms with Crippen LogP contribution in [0.5, 0.6) is 17.2 Å². The number of carbonyl (C=O) groups is 2. The van der Waals surface area contributed by atoms with Crippen molar-refractivity contribution < 1.29 is 35.2 Å². The molecule has 2 aromatic rings. The van der Waals surface area contributed by atoms with Crippen molar-refractivity contribution in [3.8, 4) is 17.2 Å². The molecule has 0 radical (unpaired) electrons. The van der Waals surface area contributed by atoms with Gasteiger partial charge in [0, 0.05) is 29.9 Å². The summed E-state index contributed by atoms with van der Waals surface area (Å²) in [5.74, 6) is -4.63. The van der Waals surface area contributed by atoms with Gasteiger partial charge in [-0.2, -0.15) is 0 Å². The van der Waals surface area contributed by atoms with Crippen molar-refractivity contribution in [1.82, 2.24) is 5.06 Å². The van der Waals surface area contributed by atoms with Gasteiger partial charge >= 0.3 is 5.91 Å². The van der Waals surface area contributed by atoms with Crippen molar-refractivity contribution in [2.75, 3.05) is 7.05 Å². The minimum absolute atomic E-state index is 0.0938. The lowest BCUT2D eigenvalue weighted by molar-refractivity contribution is -0.167. The van der Waals surface area contributed by atoms with Gasteiger partial charge in [-0.15, -0.1) is 0 Å². The molecule has 27 heavy (non-hydrogen) atoms. The summed E-state index contributed by atoms with van der Waals surface area (Å²) < 4.78 is 0.785. The number of phenols is 3. The maximum atomic E-state index is 12.2. The smallest absolute Gasteiger partial charge is 0.313 e.